The van der Waals surface area contributed by atoms with Crippen molar-refractivity contribution < 1.29 is 9.53 Å². The Morgan fingerprint density at radius 1 is 1.19 bits per heavy atom. The van der Waals surface area contributed by atoms with Crippen molar-refractivity contribution in [1.29, 1.82) is 0 Å². The first-order valence-corrected chi connectivity index (χ1v) is 9.75. The van der Waals surface area contributed by atoms with Crippen LogP contribution in [-0.2, 0) is 9.53 Å². The zero-order chi connectivity index (χ0) is 19.2. The van der Waals surface area contributed by atoms with E-state index < -0.39 is 0 Å². The quantitative estimate of drug-likeness (QED) is 0.452. The molecule has 0 aliphatic carbocycles. The fourth-order valence-electron chi connectivity index (χ4n) is 2.77. The molecule has 0 N–H and O–H groups in total. The normalized spacial score (nSPS) is 11.0. The average Bonchev–Trinajstić information content (AvgIpc) is 3.12. The first-order chi connectivity index (χ1) is 13.1. The summed E-state index contributed by atoms with van der Waals surface area (Å²) in [4.78, 5) is 15.7. The van der Waals surface area contributed by atoms with E-state index in [4.69, 9.17) is 4.74 Å². The Kier molecular flexibility index (Phi) is 6.24. The Morgan fingerprint density at radius 3 is 2.70 bits per heavy atom. The van der Waals surface area contributed by atoms with Gasteiger partial charge in [0, 0.05) is 23.7 Å². The van der Waals surface area contributed by atoms with E-state index in [0.717, 1.165) is 22.2 Å². The number of para-hydroxylation sites is 1. The highest BCUT2D eigenvalue weighted by Gasteiger charge is 2.19. The Labute approximate surface area is 163 Å². The number of carbonyl (C=O) groups is 1. The van der Waals surface area contributed by atoms with E-state index in [2.05, 4.69) is 41.2 Å². The Morgan fingerprint density at radius 2 is 2.00 bits per heavy atom. The highest BCUT2D eigenvalue weighted by atomic mass is 32.2. The lowest BCUT2D eigenvalue weighted by atomic mass is 10.0. The van der Waals surface area contributed by atoms with E-state index in [1.54, 1.807) is 12.4 Å². The maximum atomic E-state index is 11.4. The minimum atomic E-state index is -0.233. The van der Waals surface area contributed by atoms with Gasteiger partial charge in [-0.1, -0.05) is 43.8 Å². The first kappa shape index (κ1) is 19.1. The molecule has 0 atom stereocenters. The minimum absolute atomic E-state index is 0.233. The van der Waals surface area contributed by atoms with Crippen molar-refractivity contribution in [3.63, 3.8) is 0 Å². The van der Waals surface area contributed by atoms with Crippen molar-refractivity contribution in [2.24, 2.45) is 0 Å². The van der Waals surface area contributed by atoms with Gasteiger partial charge < -0.3 is 4.74 Å². The lowest BCUT2D eigenvalue weighted by Crippen LogP contribution is -2.06. The van der Waals surface area contributed by atoms with Gasteiger partial charge in [-0.25, -0.2) is 0 Å². The summed E-state index contributed by atoms with van der Waals surface area (Å²) in [5.74, 6) is 1.42. The smallest absolute Gasteiger partial charge is 0.306 e. The van der Waals surface area contributed by atoms with Crippen LogP contribution in [0.4, 0.5) is 0 Å². The summed E-state index contributed by atoms with van der Waals surface area (Å²) in [7, 11) is 1.40. The number of hydrogen-bond acceptors (Lipinski definition) is 6. The molecule has 6 nitrogen and oxygen atoms in total. The van der Waals surface area contributed by atoms with Gasteiger partial charge in [-0.15, -0.1) is 10.2 Å². The SMILES string of the molecule is COC(=O)CCSc1nnc(-c2cccnc2)n1-c1ccccc1C(C)C. The maximum Gasteiger partial charge on any atom is 0.306 e. The van der Waals surface area contributed by atoms with Gasteiger partial charge in [0.2, 0.25) is 0 Å². The van der Waals surface area contributed by atoms with Crippen LogP contribution in [0.25, 0.3) is 17.1 Å². The van der Waals surface area contributed by atoms with E-state index in [-0.39, 0.29) is 5.97 Å². The van der Waals surface area contributed by atoms with Crippen LogP contribution in [0.3, 0.4) is 0 Å². The monoisotopic (exact) mass is 382 g/mol. The van der Waals surface area contributed by atoms with Crippen LogP contribution in [-0.4, -0.2) is 38.6 Å². The van der Waals surface area contributed by atoms with Gasteiger partial charge >= 0.3 is 5.97 Å². The third-order valence-electron chi connectivity index (χ3n) is 4.12. The van der Waals surface area contributed by atoms with Crippen molar-refractivity contribution >= 4 is 17.7 Å². The number of benzene rings is 1. The number of pyridine rings is 1. The van der Waals surface area contributed by atoms with Crippen molar-refractivity contribution in [3.8, 4) is 17.1 Å². The van der Waals surface area contributed by atoms with Crippen molar-refractivity contribution in [2.45, 2.75) is 31.3 Å². The largest absolute Gasteiger partial charge is 0.469 e. The van der Waals surface area contributed by atoms with E-state index in [9.17, 15) is 4.79 Å². The number of methoxy groups -OCH3 is 1. The van der Waals surface area contributed by atoms with E-state index in [0.29, 0.717) is 18.1 Å². The van der Waals surface area contributed by atoms with Crippen molar-refractivity contribution in [1.82, 2.24) is 19.7 Å². The van der Waals surface area contributed by atoms with Gasteiger partial charge in [-0.05, 0) is 29.7 Å². The molecule has 0 aliphatic heterocycles. The molecular formula is C20H22N4O2S. The van der Waals surface area contributed by atoms with Crippen molar-refractivity contribution in [2.75, 3.05) is 12.9 Å². The lowest BCUT2D eigenvalue weighted by molar-refractivity contribution is -0.140. The molecule has 7 heteroatoms. The van der Waals surface area contributed by atoms with Crippen LogP contribution in [0.5, 0.6) is 0 Å². The molecule has 0 aliphatic rings. The highest BCUT2D eigenvalue weighted by Crippen LogP contribution is 2.32. The summed E-state index contributed by atoms with van der Waals surface area (Å²) in [6.07, 6.45) is 3.84. The van der Waals surface area contributed by atoms with E-state index in [1.165, 1.54) is 24.4 Å². The molecule has 0 saturated carbocycles. The molecule has 3 aromatic rings. The molecule has 0 saturated heterocycles. The Hall–Kier alpha value is -2.67. The summed E-state index contributed by atoms with van der Waals surface area (Å²) >= 11 is 1.49. The van der Waals surface area contributed by atoms with Crippen molar-refractivity contribution in [3.05, 3.63) is 54.4 Å². The fourth-order valence-corrected chi connectivity index (χ4v) is 3.63. The number of nitrogens with zero attached hydrogens (tertiary/aromatic N) is 4. The summed E-state index contributed by atoms with van der Waals surface area (Å²) in [5, 5.41) is 9.55. The van der Waals surface area contributed by atoms with E-state index >= 15 is 0 Å². The second-order valence-electron chi connectivity index (χ2n) is 6.27. The second kappa shape index (κ2) is 8.81. The summed E-state index contributed by atoms with van der Waals surface area (Å²) in [5.41, 5.74) is 3.14. The summed E-state index contributed by atoms with van der Waals surface area (Å²) in [6.45, 7) is 4.33. The minimum Gasteiger partial charge on any atom is -0.469 e. The zero-order valence-electron chi connectivity index (χ0n) is 15.6. The predicted octanol–water partition coefficient (Wildman–Crippen LogP) is 4.11. The number of esters is 1. The number of ether oxygens (including phenoxy) is 1. The van der Waals surface area contributed by atoms with Crippen LogP contribution in [0.15, 0.2) is 53.9 Å². The van der Waals surface area contributed by atoms with Gasteiger partial charge in [0.05, 0.1) is 19.2 Å². The Bertz CT molecular complexity index is 909. The summed E-state index contributed by atoms with van der Waals surface area (Å²) in [6, 6.07) is 12.1. The molecule has 0 spiro atoms. The van der Waals surface area contributed by atoms with Crippen LogP contribution >= 0.6 is 11.8 Å². The number of rotatable bonds is 7. The zero-order valence-corrected chi connectivity index (χ0v) is 16.4. The molecular weight excluding hydrogens is 360 g/mol. The molecule has 140 valence electrons. The molecule has 0 radical (unpaired) electrons. The fraction of sp³-hybridized carbons (Fsp3) is 0.300. The number of hydrogen-bond donors (Lipinski definition) is 0. The van der Waals surface area contributed by atoms with Gasteiger partial charge in [-0.2, -0.15) is 0 Å². The number of thioether (sulfide) groups is 1. The average molecular weight is 382 g/mol. The van der Waals surface area contributed by atoms with E-state index in [1.807, 2.05) is 28.8 Å². The van der Waals surface area contributed by atoms with Gasteiger partial charge in [-0.3, -0.25) is 14.3 Å². The third-order valence-corrected chi connectivity index (χ3v) is 5.05. The first-order valence-electron chi connectivity index (χ1n) is 8.76. The Balaban J connectivity index is 2.06. The van der Waals surface area contributed by atoms with Crippen LogP contribution < -0.4 is 0 Å². The molecule has 1 aromatic carbocycles. The molecule has 0 bridgehead atoms. The molecule has 0 amide bonds. The molecule has 3 rings (SSSR count). The highest BCUT2D eigenvalue weighted by molar-refractivity contribution is 7.99. The molecule has 27 heavy (non-hydrogen) atoms. The second-order valence-corrected chi connectivity index (χ2v) is 7.33. The number of aromatic nitrogens is 4. The molecule has 2 aromatic heterocycles. The third kappa shape index (κ3) is 4.36. The van der Waals surface area contributed by atoms with Crippen LogP contribution in [0.1, 0.15) is 31.7 Å². The lowest BCUT2D eigenvalue weighted by Gasteiger charge is -2.16. The standard InChI is InChI=1S/C20H22N4O2S/c1-14(2)16-8-4-5-9-17(16)24-19(15-7-6-11-21-13-15)22-23-20(24)27-12-10-18(25)26-3/h4-9,11,13-14H,10,12H2,1-3H3. The van der Waals surface area contributed by atoms with Gasteiger partial charge in [0.1, 0.15) is 0 Å². The van der Waals surface area contributed by atoms with Gasteiger partial charge in [0.15, 0.2) is 11.0 Å². The maximum absolute atomic E-state index is 11.4. The van der Waals surface area contributed by atoms with Gasteiger partial charge in [0.25, 0.3) is 0 Å². The van der Waals surface area contributed by atoms with Crippen LogP contribution in [0.2, 0.25) is 0 Å². The molecule has 0 unspecified atom stereocenters. The molecule has 0 fully saturated rings. The summed E-state index contributed by atoms with van der Waals surface area (Å²) < 4.78 is 6.77. The number of carbonyl (C=O) groups excluding carboxylic acids is 1. The predicted molar refractivity (Wildman–Crippen MR) is 106 cm³/mol. The molecule has 2 heterocycles. The topological polar surface area (TPSA) is 69.9 Å². The van der Waals surface area contributed by atoms with Crippen LogP contribution in [0, 0.1) is 0 Å².